The van der Waals surface area contributed by atoms with E-state index in [0.717, 1.165) is 37.3 Å². The number of hydrogen-bond acceptors (Lipinski definition) is 4. The van der Waals surface area contributed by atoms with Gasteiger partial charge >= 0.3 is 0 Å². The molecule has 0 radical (unpaired) electrons. The summed E-state index contributed by atoms with van der Waals surface area (Å²) in [5.74, 6) is 1.22. The van der Waals surface area contributed by atoms with Crippen molar-refractivity contribution in [2.24, 2.45) is 0 Å². The smallest absolute Gasteiger partial charge is 0.194 e. The number of nitrogens with zero attached hydrogens (tertiary/aromatic N) is 3. The van der Waals surface area contributed by atoms with E-state index in [0.29, 0.717) is 5.82 Å². The quantitative estimate of drug-likeness (QED) is 0.728. The molecule has 4 nitrogen and oxygen atoms in total. The van der Waals surface area contributed by atoms with Crippen molar-refractivity contribution in [2.75, 3.05) is 18.0 Å². The highest BCUT2D eigenvalue weighted by atomic mass is 16.1. The van der Waals surface area contributed by atoms with Gasteiger partial charge in [-0.1, -0.05) is 6.92 Å². The van der Waals surface area contributed by atoms with Crippen molar-refractivity contribution >= 4 is 12.1 Å². The summed E-state index contributed by atoms with van der Waals surface area (Å²) >= 11 is 0. The summed E-state index contributed by atoms with van der Waals surface area (Å²) in [6.07, 6.45) is 5.28. The fourth-order valence-electron chi connectivity index (χ4n) is 2.02. The van der Waals surface area contributed by atoms with Gasteiger partial charge in [-0.15, -0.1) is 0 Å². The first kappa shape index (κ1) is 11.0. The van der Waals surface area contributed by atoms with Crippen molar-refractivity contribution in [3.05, 3.63) is 17.6 Å². The van der Waals surface area contributed by atoms with Crippen molar-refractivity contribution < 1.29 is 4.79 Å². The van der Waals surface area contributed by atoms with E-state index in [1.165, 1.54) is 19.3 Å². The van der Waals surface area contributed by atoms with Gasteiger partial charge < -0.3 is 4.90 Å². The van der Waals surface area contributed by atoms with Gasteiger partial charge in [0.25, 0.3) is 0 Å². The van der Waals surface area contributed by atoms with Crippen LogP contribution < -0.4 is 4.90 Å². The Morgan fingerprint density at radius 1 is 1.31 bits per heavy atom. The van der Waals surface area contributed by atoms with Crippen LogP contribution in [0.15, 0.2) is 6.07 Å². The molecule has 0 spiro atoms. The molecule has 1 saturated heterocycles. The van der Waals surface area contributed by atoms with Crippen LogP contribution in [0, 0.1) is 0 Å². The van der Waals surface area contributed by atoms with E-state index >= 15 is 0 Å². The van der Waals surface area contributed by atoms with Crippen molar-refractivity contribution in [3.8, 4) is 0 Å². The molecule has 0 bridgehead atoms. The molecule has 0 N–H and O–H groups in total. The molecule has 1 fully saturated rings. The summed E-state index contributed by atoms with van der Waals surface area (Å²) in [6.45, 7) is 4.12. The second-order valence-corrected chi connectivity index (χ2v) is 4.09. The maximum atomic E-state index is 10.8. The van der Waals surface area contributed by atoms with Gasteiger partial charge in [0.2, 0.25) is 0 Å². The first-order valence-corrected chi connectivity index (χ1v) is 5.91. The number of aldehydes is 1. The number of carbonyl (C=O) groups excluding carboxylic acids is 1. The Morgan fingerprint density at radius 2 is 2.06 bits per heavy atom. The molecule has 4 heteroatoms. The molecule has 0 aliphatic carbocycles. The molecule has 2 rings (SSSR count). The minimum absolute atomic E-state index is 0.305. The third-order valence-electron chi connectivity index (χ3n) is 2.93. The average Bonchev–Trinajstić information content (AvgIpc) is 2.39. The largest absolute Gasteiger partial charge is 0.356 e. The Kier molecular flexibility index (Phi) is 3.49. The van der Waals surface area contributed by atoms with Crippen LogP contribution in [0.25, 0.3) is 0 Å². The molecule has 0 unspecified atom stereocenters. The summed E-state index contributed by atoms with van der Waals surface area (Å²) in [5.41, 5.74) is 0.942. The maximum absolute atomic E-state index is 10.8. The predicted octanol–water partition coefficient (Wildman–Crippen LogP) is 1.84. The first-order valence-electron chi connectivity index (χ1n) is 5.91. The van der Waals surface area contributed by atoms with Crippen LogP contribution in [0.4, 0.5) is 5.82 Å². The molecular weight excluding hydrogens is 202 g/mol. The van der Waals surface area contributed by atoms with Crippen LogP contribution in [0.1, 0.15) is 42.5 Å². The number of anilines is 1. The monoisotopic (exact) mass is 219 g/mol. The number of hydrogen-bond donors (Lipinski definition) is 0. The molecule has 86 valence electrons. The summed E-state index contributed by atoms with van der Waals surface area (Å²) < 4.78 is 0. The van der Waals surface area contributed by atoms with Gasteiger partial charge in [0.1, 0.15) is 5.82 Å². The van der Waals surface area contributed by atoms with Crippen LogP contribution in [0.5, 0.6) is 0 Å². The van der Waals surface area contributed by atoms with Gasteiger partial charge in [0.05, 0.1) is 0 Å². The van der Waals surface area contributed by atoms with Crippen molar-refractivity contribution in [1.82, 2.24) is 9.97 Å². The number of piperidine rings is 1. The Morgan fingerprint density at radius 3 is 2.69 bits per heavy atom. The fraction of sp³-hybridized carbons (Fsp3) is 0.583. The van der Waals surface area contributed by atoms with E-state index in [2.05, 4.69) is 14.9 Å². The average molecular weight is 219 g/mol. The zero-order chi connectivity index (χ0) is 11.4. The molecule has 1 aromatic rings. The molecule has 1 aliphatic rings. The molecule has 0 aromatic carbocycles. The lowest BCUT2D eigenvalue weighted by Crippen LogP contribution is -2.30. The second-order valence-electron chi connectivity index (χ2n) is 4.09. The van der Waals surface area contributed by atoms with Gasteiger partial charge in [0.15, 0.2) is 12.1 Å². The van der Waals surface area contributed by atoms with E-state index in [1.54, 1.807) is 0 Å². The molecule has 0 atom stereocenters. The Labute approximate surface area is 95.7 Å². The summed E-state index contributed by atoms with van der Waals surface area (Å²) in [5, 5.41) is 0. The van der Waals surface area contributed by atoms with Gasteiger partial charge in [-0.05, 0) is 25.7 Å². The van der Waals surface area contributed by atoms with E-state index in [-0.39, 0.29) is 0 Å². The van der Waals surface area contributed by atoms with Crippen molar-refractivity contribution in [3.63, 3.8) is 0 Å². The maximum Gasteiger partial charge on any atom is 0.194 e. The number of aromatic nitrogens is 2. The molecule has 2 heterocycles. The highest BCUT2D eigenvalue weighted by Crippen LogP contribution is 2.18. The van der Waals surface area contributed by atoms with Gasteiger partial charge in [-0.2, -0.15) is 0 Å². The van der Waals surface area contributed by atoms with E-state index in [9.17, 15) is 4.79 Å². The standard InChI is InChI=1S/C12H17N3O/c1-2-10-8-12(14-11(9-16)13-10)15-6-4-3-5-7-15/h8-9H,2-7H2,1H3. The summed E-state index contributed by atoms with van der Waals surface area (Å²) in [4.78, 5) is 21.4. The van der Waals surface area contributed by atoms with Gasteiger partial charge in [0, 0.05) is 24.8 Å². The van der Waals surface area contributed by atoms with Crippen LogP contribution in [-0.2, 0) is 6.42 Å². The molecule has 1 aromatic heterocycles. The van der Waals surface area contributed by atoms with E-state index in [4.69, 9.17) is 0 Å². The lowest BCUT2D eigenvalue weighted by atomic mass is 10.1. The van der Waals surface area contributed by atoms with Gasteiger partial charge in [-0.25, -0.2) is 9.97 Å². The normalized spacial score (nSPS) is 16.2. The van der Waals surface area contributed by atoms with Crippen molar-refractivity contribution in [2.45, 2.75) is 32.6 Å². The van der Waals surface area contributed by atoms with Gasteiger partial charge in [-0.3, -0.25) is 4.79 Å². The molecule has 1 aliphatic heterocycles. The molecule has 0 amide bonds. The Balaban J connectivity index is 2.27. The van der Waals surface area contributed by atoms with Crippen LogP contribution in [0.3, 0.4) is 0 Å². The minimum Gasteiger partial charge on any atom is -0.356 e. The molecule has 16 heavy (non-hydrogen) atoms. The fourth-order valence-corrected chi connectivity index (χ4v) is 2.02. The van der Waals surface area contributed by atoms with Crippen molar-refractivity contribution in [1.29, 1.82) is 0 Å². The molecule has 0 saturated carbocycles. The third-order valence-corrected chi connectivity index (χ3v) is 2.93. The summed E-state index contributed by atoms with van der Waals surface area (Å²) in [6, 6.07) is 2.00. The minimum atomic E-state index is 0.305. The third kappa shape index (κ3) is 2.38. The Bertz CT molecular complexity index is 373. The number of carbonyl (C=O) groups is 1. The molecular formula is C12H17N3O. The van der Waals surface area contributed by atoms with Crippen LogP contribution in [0.2, 0.25) is 0 Å². The lowest BCUT2D eigenvalue weighted by Gasteiger charge is -2.27. The topological polar surface area (TPSA) is 46.1 Å². The van der Waals surface area contributed by atoms with Crippen LogP contribution >= 0.6 is 0 Å². The zero-order valence-electron chi connectivity index (χ0n) is 9.65. The number of rotatable bonds is 3. The lowest BCUT2D eigenvalue weighted by molar-refractivity contribution is 0.111. The Hall–Kier alpha value is -1.45. The van der Waals surface area contributed by atoms with E-state index < -0.39 is 0 Å². The highest BCUT2D eigenvalue weighted by molar-refractivity contribution is 5.69. The van der Waals surface area contributed by atoms with Crippen LogP contribution in [-0.4, -0.2) is 29.3 Å². The number of aryl methyl sites for hydroxylation is 1. The predicted molar refractivity (Wildman–Crippen MR) is 62.9 cm³/mol. The SMILES string of the molecule is CCc1cc(N2CCCCC2)nc(C=O)n1. The first-order chi connectivity index (χ1) is 7.83. The zero-order valence-corrected chi connectivity index (χ0v) is 9.65. The highest BCUT2D eigenvalue weighted by Gasteiger charge is 2.13. The van der Waals surface area contributed by atoms with E-state index in [1.807, 2.05) is 13.0 Å². The summed E-state index contributed by atoms with van der Waals surface area (Å²) in [7, 11) is 0. The second kappa shape index (κ2) is 5.05.